The van der Waals surface area contributed by atoms with Crippen molar-refractivity contribution in [1.29, 1.82) is 0 Å². The zero-order valence-corrected chi connectivity index (χ0v) is 19.7. The van der Waals surface area contributed by atoms with Crippen LogP contribution in [0.15, 0.2) is 72.5 Å². The molecule has 0 aliphatic rings. The summed E-state index contributed by atoms with van der Waals surface area (Å²) in [5.74, 6) is -0.0834. The molecule has 0 saturated heterocycles. The second-order valence-electron chi connectivity index (χ2n) is 8.73. The summed E-state index contributed by atoms with van der Waals surface area (Å²) in [5, 5.41) is 1.13. The fraction of sp³-hybridized carbons (Fsp3) is 0.250. The van der Waals surface area contributed by atoms with Crippen molar-refractivity contribution in [2.45, 2.75) is 40.7 Å². The van der Waals surface area contributed by atoms with E-state index in [0.717, 1.165) is 50.6 Å². The van der Waals surface area contributed by atoms with E-state index in [1.807, 2.05) is 51.2 Å². The maximum absolute atomic E-state index is 12.9. The summed E-state index contributed by atoms with van der Waals surface area (Å²) in [7, 11) is 7.72. The zero-order valence-electron chi connectivity index (χ0n) is 19.7. The molecule has 0 aliphatic carbocycles. The Morgan fingerprint density at radius 2 is 1.84 bits per heavy atom. The molecule has 3 aromatic rings. The van der Waals surface area contributed by atoms with E-state index in [1.165, 1.54) is 5.56 Å². The van der Waals surface area contributed by atoms with Crippen LogP contribution in [0.3, 0.4) is 0 Å². The summed E-state index contributed by atoms with van der Waals surface area (Å²) in [5.41, 5.74) is 8.89. The molecule has 0 spiro atoms. The first-order chi connectivity index (χ1) is 15.1. The molecule has 32 heavy (non-hydrogen) atoms. The first kappa shape index (κ1) is 23.4. The van der Waals surface area contributed by atoms with Crippen molar-refractivity contribution in [3.05, 3.63) is 100 Å². The molecule has 0 aliphatic heterocycles. The van der Waals surface area contributed by atoms with E-state index in [0.29, 0.717) is 12.1 Å². The van der Waals surface area contributed by atoms with Gasteiger partial charge in [-0.05, 0) is 30.7 Å². The monoisotopic (exact) mass is 421 g/mol. The van der Waals surface area contributed by atoms with E-state index >= 15 is 0 Å². The van der Waals surface area contributed by atoms with Crippen molar-refractivity contribution in [3.8, 4) is 0 Å². The van der Waals surface area contributed by atoms with Crippen molar-refractivity contribution < 1.29 is 4.79 Å². The third-order valence-electron chi connectivity index (χ3n) is 5.55. The molecule has 0 N–H and O–H groups in total. The van der Waals surface area contributed by atoms with Gasteiger partial charge in [-0.25, -0.2) is 0 Å². The molecular weight excluding hydrogens is 391 g/mol. The Kier molecular flexibility index (Phi) is 7.24. The van der Waals surface area contributed by atoms with E-state index in [1.54, 1.807) is 11.9 Å². The van der Waals surface area contributed by atoms with E-state index in [9.17, 15) is 4.79 Å². The van der Waals surface area contributed by atoms with Gasteiger partial charge in [0.2, 0.25) is 0 Å². The van der Waals surface area contributed by atoms with Crippen LogP contribution in [0.4, 0.5) is 0 Å². The van der Waals surface area contributed by atoms with Gasteiger partial charge in [-0.2, -0.15) is 0 Å². The van der Waals surface area contributed by atoms with Crippen LogP contribution in [0.5, 0.6) is 0 Å². The number of hydrogen-bond donors (Lipinski definition) is 0. The summed E-state index contributed by atoms with van der Waals surface area (Å²) >= 11 is 0. The predicted octanol–water partition coefficient (Wildman–Crippen LogP) is 5.26. The van der Waals surface area contributed by atoms with Gasteiger partial charge in [-0.3, -0.25) is 4.98 Å². The number of nitrogens with zero attached hydrogens (tertiary/aromatic N) is 2. The van der Waals surface area contributed by atoms with E-state index < -0.39 is 0 Å². The molecule has 3 rings (SSSR count). The molecule has 0 fully saturated rings. The number of hydrogen-bond acceptors (Lipinski definition) is 2. The third-order valence-corrected chi connectivity index (χ3v) is 5.55. The van der Waals surface area contributed by atoms with E-state index in [2.05, 4.69) is 42.8 Å². The van der Waals surface area contributed by atoms with Gasteiger partial charge < -0.3 is 0 Å². The Morgan fingerprint density at radius 3 is 2.53 bits per heavy atom. The van der Waals surface area contributed by atoms with Gasteiger partial charge in [-0.15, -0.1) is 0 Å². The average molecular weight is 421 g/mol. The van der Waals surface area contributed by atoms with Crippen molar-refractivity contribution >= 4 is 29.8 Å². The molecule has 1 amide bonds. The van der Waals surface area contributed by atoms with Crippen LogP contribution in [0, 0.1) is 13.8 Å². The normalized spacial score (nSPS) is 11.4. The van der Waals surface area contributed by atoms with Crippen molar-refractivity contribution in [2.24, 2.45) is 0 Å². The zero-order chi connectivity index (χ0) is 23.4. The van der Waals surface area contributed by atoms with Crippen LogP contribution in [0.1, 0.15) is 41.7 Å². The summed E-state index contributed by atoms with van der Waals surface area (Å²) in [6.07, 6.45) is 4.50. The molecule has 0 saturated carbocycles. The predicted molar refractivity (Wildman–Crippen MR) is 136 cm³/mol. The minimum atomic E-state index is -0.0834. The number of fused-ring (bicyclic) bond motifs is 1. The maximum atomic E-state index is 12.9. The first-order valence-electron chi connectivity index (χ1n) is 10.8. The third kappa shape index (κ3) is 5.70. The molecule has 3 nitrogen and oxygen atoms in total. The van der Waals surface area contributed by atoms with Crippen molar-refractivity contribution in [1.82, 2.24) is 9.88 Å². The fourth-order valence-electron chi connectivity index (χ4n) is 3.98. The van der Waals surface area contributed by atoms with Gasteiger partial charge in [0, 0.05) is 11.6 Å². The van der Waals surface area contributed by atoms with Gasteiger partial charge >= 0.3 is 128 Å². The summed E-state index contributed by atoms with van der Waals surface area (Å²) in [6, 6.07) is 14.5. The second-order valence-corrected chi connectivity index (χ2v) is 8.73. The van der Waals surface area contributed by atoms with Crippen LogP contribution in [-0.4, -0.2) is 35.8 Å². The molecule has 1 radical (unpaired) electrons. The Hall–Kier alpha value is -3.27. The Morgan fingerprint density at radius 1 is 1.09 bits per heavy atom. The number of pyridine rings is 1. The number of rotatable bonds is 7. The number of aromatic nitrogens is 1. The van der Waals surface area contributed by atoms with E-state index in [-0.39, 0.29) is 5.91 Å². The molecule has 2 aromatic carbocycles. The second kappa shape index (κ2) is 9.91. The molecule has 1 heterocycles. The molecule has 4 heteroatoms. The first-order valence-corrected chi connectivity index (χ1v) is 10.8. The molecule has 0 bridgehead atoms. The molecule has 1 aromatic heterocycles. The number of amides is 1. The van der Waals surface area contributed by atoms with Crippen molar-refractivity contribution in [3.63, 3.8) is 0 Å². The molecule has 0 unspecified atom stereocenters. The minimum absolute atomic E-state index is 0.0834. The summed E-state index contributed by atoms with van der Waals surface area (Å²) in [4.78, 5) is 19.1. The molecule has 161 valence electrons. The van der Waals surface area contributed by atoms with Gasteiger partial charge in [0.15, 0.2) is 0 Å². The Balaban J connectivity index is 1.66. The van der Waals surface area contributed by atoms with Gasteiger partial charge in [0.25, 0.3) is 0 Å². The number of aryl methyl sites for hydroxylation is 2. The van der Waals surface area contributed by atoms with Crippen molar-refractivity contribution in [2.75, 3.05) is 7.05 Å². The summed E-state index contributed by atoms with van der Waals surface area (Å²) < 4.78 is 0. The number of likely N-dealkylation sites (N-methyl/N-ethyl adjacent to an activating group) is 1. The number of benzene rings is 2. The number of carbonyl (C=O) groups is 1. The van der Waals surface area contributed by atoms with Gasteiger partial charge in [-0.1, -0.05) is 11.6 Å². The standard InChI is InChI=1S/C28H30BN2O/c1-18-7-10-27-25(13-18)15-24(16-30-27)12-19(2)11-21(4)28(32)31(6)17-23-8-9-26(22(5)29)20(3)14-23/h7-11,13-16H,4,12,17H2,1-3,5-6H3/b19-11+. The molecule has 0 atom stereocenters. The van der Waals surface area contributed by atoms with Crippen LogP contribution < -0.4 is 0 Å². The fourth-order valence-corrected chi connectivity index (χ4v) is 3.98. The Bertz CT molecular complexity index is 1240. The Labute approximate surface area is 192 Å². The van der Waals surface area contributed by atoms with Crippen LogP contribution in [-0.2, 0) is 17.8 Å². The summed E-state index contributed by atoms with van der Waals surface area (Å²) in [6.45, 7) is 12.6. The SMILES string of the molecule is [B]=C(C)c1ccc(CN(C)C(=O)C(=C)/C=C(\C)Cc2cnc3ccc(C)cc3c2)cc1C. The van der Waals surface area contributed by atoms with Crippen LogP contribution in [0.25, 0.3) is 10.9 Å². The molecular formula is C28H30BN2O. The van der Waals surface area contributed by atoms with E-state index in [4.69, 9.17) is 7.49 Å². The topological polar surface area (TPSA) is 33.2 Å². The number of carbonyl (C=O) groups excluding carboxylic acids is 1. The van der Waals surface area contributed by atoms with Gasteiger partial charge in [0.1, 0.15) is 0 Å². The van der Waals surface area contributed by atoms with Gasteiger partial charge in [0.05, 0.1) is 5.52 Å². The average Bonchev–Trinajstić information content (AvgIpc) is 2.72. The number of allylic oxidation sites excluding steroid dienone is 1. The van der Waals surface area contributed by atoms with Crippen LogP contribution >= 0.6 is 0 Å². The van der Waals surface area contributed by atoms with Crippen LogP contribution in [0.2, 0.25) is 0 Å². The quantitative estimate of drug-likeness (QED) is 0.296.